The molecule has 0 N–H and O–H groups in total. The quantitative estimate of drug-likeness (QED) is 0.488. The van der Waals surface area contributed by atoms with E-state index in [4.69, 9.17) is 9.47 Å². The normalized spacial score (nSPS) is 35.4. The highest BCUT2D eigenvalue weighted by Gasteiger charge is 2.71. The Morgan fingerprint density at radius 2 is 2.22 bits per heavy atom. The Morgan fingerprint density at radius 3 is 3.00 bits per heavy atom. The number of aromatic nitrogens is 1. The molecule has 0 saturated carbocycles. The minimum Gasteiger partial charge on any atom is -0.465 e. The van der Waals surface area contributed by atoms with E-state index in [0.717, 1.165) is 24.9 Å². The van der Waals surface area contributed by atoms with E-state index < -0.39 is 5.72 Å². The van der Waals surface area contributed by atoms with E-state index in [0.29, 0.717) is 6.42 Å². The molecule has 1 aromatic heterocycles. The molecule has 6 rings (SSSR count). The molecule has 2 aromatic rings. The lowest BCUT2D eigenvalue weighted by Crippen LogP contribution is -2.54. The largest absolute Gasteiger partial charge is 0.465 e. The van der Waals surface area contributed by atoms with Crippen molar-refractivity contribution in [2.45, 2.75) is 44.1 Å². The third kappa shape index (κ3) is 1.65. The average molecular weight is 476 g/mol. The molecular weight excluding hydrogens is 455 g/mol. The van der Waals surface area contributed by atoms with Gasteiger partial charge in [0.15, 0.2) is 0 Å². The summed E-state index contributed by atoms with van der Waals surface area (Å²) in [6, 6.07) is 8.69. The van der Waals surface area contributed by atoms with E-state index in [-0.39, 0.29) is 23.5 Å². The van der Waals surface area contributed by atoms with Crippen LogP contribution in [-0.2, 0) is 26.4 Å². The number of rotatable bonds is 2. The van der Waals surface area contributed by atoms with Gasteiger partial charge in [0.25, 0.3) is 0 Å². The third-order valence-corrected chi connectivity index (χ3v) is 8.09. The minimum absolute atomic E-state index is 0.0620. The van der Waals surface area contributed by atoms with E-state index in [1.807, 2.05) is 6.07 Å². The van der Waals surface area contributed by atoms with Crippen LogP contribution in [0.5, 0.6) is 0 Å². The number of methoxy groups -OCH3 is 1. The topological polar surface area (TPSA) is 43.7 Å². The number of benzene rings is 1. The van der Waals surface area contributed by atoms with Gasteiger partial charge in [0.05, 0.1) is 18.7 Å². The fourth-order valence-corrected chi connectivity index (χ4v) is 7.34. The lowest BCUT2D eigenvalue weighted by molar-refractivity contribution is -0.180. The van der Waals surface area contributed by atoms with Gasteiger partial charge in [-0.15, -0.1) is 0 Å². The van der Waals surface area contributed by atoms with Crippen LogP contribution in [0.25, 0.3) is 10.9 Å². The van der Waals surface area contributed by atoms with Crippen molar-refractivity contribution < 1.29 is 14.3 Å². The van der Waals surface area contributed by atoms with E-state index >= 15 is 0 Å². The molecule has 2 bridgehead atoms. The summed E-state index contributed by atoms with van der Waals surface area (Å²) in [6.45, 7) is 3.25. The van der Waals surface area contributed by atoms with Crippen LogP contribution in [0.15, 0.2) is 34.0 Å². The second kappa shape index (κ2) is 5.08. The van der Waals surface area contributed by atoms with Crippen molar-refractivity contribution in [1.82, 2.24) is 9.47 Å². The number of ether oxygens (including phenoxy) is 2. The van der Waals surface area contributed by atoms with Crippen molar-refractivity contribution in [3.63, 3.8) is 0 Å². The number of halogens is 1. The first kappa shape index (κ1) is 16.4. The maximum atomic E-state index is 13.2. The SMILES string of the molecule is CC[C@@]12C[C@@]3(C(=O)OC)O[C@@H]1C(I)=CN1CCc4c(n3c3ccccc43)[C@@H]12. The molecule has 0 amide bonds. The van der Waals surface area contributed by atoms with Crippen molar-refractivity contribution in [3.8, 4) is 0 Å². The van der Waals surface area contributed by atoms with E-state index in [1.54, 1.807) is 0 Å². The van der Waals surface area contributed by atoms with Crippen LogP contribution in [0.4, 0.5) is 0 Å². The molecule has 1 saturated heterocycles. The fourth-order valence-electron chi connectivity index (χ4n) is 6.23. The molecule has 0 spiro atoms. The molecular formula is C21H21IN2O3. The lowest BCUT2D eigenvalue weighted by atomic mass is 9.64. The summed E-state index contributed by atoms with van der Waals surface area (Å²) in [5, 5.41) is 1.25. The second-order valence-corrected chi connectivity index (χ2v) is 9.40. The van der Waals surface area contributed by atoms with Crippen LogP contribution in [-0.4, -0.2) is 35.2 Å². The summed E-state index contributed by atoms with van der Waals surface area (Å²) in [5.74, 6) is -0.284. The Bertz CT molecular complexity index is 1040. The van der Waals surface area contributed by atoms with Crippen molar-refractivity contribution in [1.29, 1.82) is 0 Å². The first-order chi connectivity index (χ1) is 13.1. The summed E-state index contributed by atoms with van der Waals surface area (Å²) < 4.78 is 15.4. The van der Waals surface area contributed by atoms with Crippen LogP contribution in [0, 0.1) is 5.41 Å². The number of nitrogens with zero attached hydrogens (tertiary/aromatic N) is 2. The molecule has 5 nitrogen and oxygen atoms in total. The van der Waals surface area contributed by atoms with Crippen LogP contribution < -0.4 is 0 Å². The van der Waals surface area contributed by atoms with Gasteiger partial charge >= 0.3 is 5.97 Å². The number of hydrogen-bond acceptors (Lipinski definition) is 4. The van der Waals surface area contributed by atoms with Gasteiger partial charge in [-0.3, -0.25) is 0 Å². The Balaban J connectivity index is 1.79. The number of hydrogen-bond donors (Lipinski definition) is 0. The highest BCUT2D eigenvalue weighted by atomic mass is 127. The second-order valence-electron chi connectivity index (χ2n) is 8.16. The average Bonchev–Trinajstić information content (AvgIpc) is 3.20. The van der Waals surface area contributed by atoms with Gasteiger partial charge in [0.1, 0.15) is 6.10 Å². The summed E-state index contributed by atoms with van der Waals surface area (Å²) in [7, 11) is 1.47. The van der Waals surface area contributed by atoms with Crippen LogP contribution in [0.1, 0.15) is 37.1 Å². The van der Waals surface area contributed by atoms with Crippen LogP contribution >= 0.6 is 22.6 Å². The molecule has 4 aliphatic heterocycles. The zero-order chi connectivity index (χ0) is 18.6. The molecule has 0 unspecified atom stereocenters. The van der Waals surface area contributed by atoms with E-state index in [9.17, 15) is 4.79 Å². The molecule has 6 heteroatoms. The lowest BCUT2D eigenvalue weighted by Gasteiger charge is -2.53. The highest BCUT2D eigenvalue weighted by Crippen LogP contribution is 2.68. The van der Waals surface area contributed by atoms with Gasteiger partial charge in [0, 0.05) is 39.2 Å². The number of esters is 1. The third-order valence-electron chi connectivity index (χ3n) is 7.24. The summed E-state index contributed by atoms with van der Waals surface area (Å²) in [6.07, 6.45) is 4.82. The Hall–Kier alpha value is -1.54. The zero-order valence-electron chi connectivity index (χ0n) is 15.4. The zero-order valence-corrected chi connectivity index (χ0v) is 17.5. The maximum Gasteiger partial charge on any atom is 0.360 e. The minimum atomic E-state index is -1.07. The monoisotopic (exact) mass is 476 g/mol. The smallest absolute Gasteiger partial charge is 0.360 e. The Labute approximate surface area is 171 Å². The fraction of sp³-hybridized carbons (Fsp3) is 0.476. The molecule has 4 atom stereocenters. The van der Waals surface area contributed by atoms with Gasteiger partial charge in [-0.25, -0.2) is 4.79 Å². The van der Waals surface area contributed by atoms with Gasteiger partial charge in [-0.05, 0) is 47.1 Å². The summed E-state index contributed by atoms with van der Waals surface area (Å²) >= 11 is 2.41. The first-order valence-corrected chi connectivity index (χ1v) is 10.7. The van der Waals surface area contributed by atoms with E-state index in [1.165, 1.54) is 27.3 Å². The van der Waals surface area contributed by atoms with Gasteiger partial charge in [0.2, 0.25) is 5.72 Å². The van der Waals surface area contributed by atoms with E-state index in [2.05, 4.69) is 63.4 Å². The molecule has 0 radical (unpaired) electrons. The number of fused-ring (bicyclic) bond motifs is 5. The van der Waals surface area contributed by atoms with Crippen molar-refractivity contribution in [2.24, 2.45) is 5.41 Å². The number of carbonyl (C=O) groups is 1. The summed E-state index contributed by atoms with van der Waals surface area (Å²) in [4.78, 5) is 15.7. The van der Waals surface area contributed by atoms with Gasteiger partial charge in [-0.2, -0.15) is 0 Å². The predicted octanol–water partition coefficient (Wildman–Crippen LogP) is 3.86. The standard InChI is InChI=1S/C21H21IN2O3/c1-3-20-11-21(19(25)26-2)24-15-7-5-4-6-12(15)13-8-9-23(17(20)16(13)24)10-14(22)18(20)27-21/h4-7,10,17-18H,3,8-9,11H2,1-2H3/t17-,18-,20+,21+/m1/s1. The first-order valence-electron chi connectivity index (χ1n) is 9.59. The van der Waals surface area contributed by atoms with Gasteiger partial charge in [-0.1, -0.05) is 25.1 Å². The summed E-state index contributed by atoms with van der Waals surface area (Å²) in [5.41, 5.74) is 2.56. The van der Waals surface area contributed by atoms with Gasteiger partial charge < -0.3 is 18.9 Å². The van der Waals surface area contributed by atoms with Crippen LogP contribution in [0.2, 0.25) is 0 Å². The van der Waals surface area contributed by atoms with Crippen LogP contribution in [0.3, 0.4) is 0 Å². The molecule has 5 heterocycles. The Kier molecular flexibility index (Phi) is 3.09. The number of carbonyl (C=O) groups excluding carboxylic acids is 1. The predicted molar refractivity (Wildman–Crippen MR) is 109 cm³/mol. The maximum absolute atomic E-state index is 13.2. The van der Waals surface area contributed by atoms with Crippen molar-refractivity contribution in [2.75, 3.05) is 13.7 Å². The van der Waals surface area contributed by atoms with Crippen molar-refractivity contribution in [3.05, 3.63) is 45.3 Å². The molecule has 0 aliphatic carbocycles. The molecule has 1 aromatic carbocycles. The molecule has 27 heavy (non-hydrogen) atoms. The molecule has 4 aliphatic rings. The molecule has 1 fully saturated rings. The van der Waals surface area contributed by atoms with Crippen molar-refractivity contribution >= 4 is 39.5 Å². The highest BCUT2D eigenvalue weighted by molar-refractivity contribution is 14.1. The number of para-hydroxylation sites is 1. The Morgan fingerprint density at radius 1 is 1.41 bits per heavy atom. The molecule has 140 valence electrons.